The molecule has 0 radical (unpaired) electrons. The van der Waals surface area contributed by atoms with Crippen molar-refractivity contribution in [1.82, 2.24) is 10.3 Å². The fraction of sp³-hybridized carbons (Fsp3) is 0.500. The molecule has 1 aromatic heterocycles. The van der Waals surface area contributed by atoms with Crippen molar-refractivity contribution in [2.75, 3.05) is 32.2 Å². The first-order chi connectivity index (χ1) is 8.79. The number of amides is 1. The Hall–Kier alpha value is -1.14. The molecule has 5 nitrogen and oxygen atoms in total. The van der Waals surface area contributed by atoms with E-state index in [1.165, 1.54) is 13.3 Å². The molecule has 100 valence electrons. The van der Waals surface area contributed by atoms with E-state index in [2.05, 4.69) is 26.2 Å². The molecule has 0 fully saturated rings. The Morgan fingerprint density at radius 1 is 1.50 bits per heavy atom. The van der Waals surface area contributed by atoms with Crippen molar-refractivity contribution in [3.05, 3.63) is 24.0 Å². The number of ether oxygens (including phenoxy) is 2. The van der Waals surface area contributed by atoms with Crippen LogP contribution in [0.3, 0.4) is 0 Å². The van der Waals surface area contributed by atoms with Crippen LogP contribution in [0, 0.1) is 0 Å². The number of methoxy groups -OCH3 is 1. The third-order valence-electron chi connectivity index (χ3n) is 2.22. The van der Waals surface area contributed by atoms with Crippen LogP contribution in [0.15, 0.2) is 18.5 Å². The SMILES string of the molecule is COc1cnccc1C(=O)NCCCOCCBr. The average molecular weight is 317 g/mol. The van der Waals surface area contributed by atoms with Crippen molar-refractivity contribution in [1.29, 1.82) is 0 Å². The predicted molar refractivity (Wildman–Crippen MR) is 72.4 cm³/mol. The lowest BCUT2D eigenvalue weighted by atomic mass is 10.2. The Morgan fingerprint density at radius 3 is 3.06 bits per heavy atom. The van der Waals surface area contributed by atoms with E-state index in [0.29, 0.717) is 31.1 Å². The van der Waals surface area contributed by atoms with E-state index in [9.17, 15) is 4.79 Å². The van der Waals surface area contributed by atoms with Gasteiger partial charge in [0.1, 0.15) is 5.75 Å². The first kappa shape index (κ1) is 14.9. The van der Waals surface area contributed by atoms with Gasteiger partial charge in [0.2, 0.25) is 0 Å². The van der Waals surface area contributed by atoms with E-state index < -0.39 is 0 Å². The zero-order valence-electron chi connectivity index (χ0n) is 10.3. The van der Waals surface area contributed by atoms with Crippen molar-refractivity contribution in [3.8, 4) is 5.75 Å². The van der Waals surface area contributed by atoms with Gasteiger partial charge in [-0.1, -0.05) is 15.9 Å². The lowest BCUT2D eigenvalue weighted by molar-refractivity contribution is 0.0941. The highest BCUT2D eigenvalue weighted by Gasteiger charge is 2.10. The number of nitrogens with zero attached hydrogens (tertiary/aromatic N) is 1. The van der Waals surface area contributed by atoms with Crippen molar-refractivity contribution in [2.45, 2.75) is 6.42 Å². The lowest BCUT2D eigenvalue weighted by Crippen LogP contribution is -2.25. The minimum Gasteiger partial charge on any atom is -0.494 e. The van der Waals surface area contributed by atoms with Crippen LogP contribution in [-0.2, 0) is 4.74 Å². The summed E-state index contributed by atoms with van der Waals surface area (Å²) in [5, 5.41) is 3.64. The summed E-state index contributed by atoms with van der Waals surface area (Å²) in [6.45, 7) is 1.90. The van der Waals surface area contributed by atoms with Crippen LogP contribution in [-0.4, -0.2) is 43.1 Å². The molecule has 0 aliphatic rings. The molecule has 0 bridgehead atoms. The minimum atomic E-state index is -0.158. The smallest absolute Gasteiger partial charge is 0.255 e. The Balaban J connectivity index is 2.32. The molecular weight excluding hydrogens is 300 g/mol. The van der Waals surface area contributed by atoms with Gasteiger partial charge in [-0.05, 0) is 12.5 Å². The fourth-order valence-corrected chi connectivity index (χ4v) is 1.59. The summed E-state index contributed by atoms with van der Waals surface area (Å²) in [6, 6.07) is 1.63. The number of carbonyl (C=O) groups is 1. The highest BCUT2D eigenvalue weighted by Crippen LogP contribution is 2.14. The molecule has 0 aliphatic carbocycles. The van der Waals surface area contributed by atoms with Gasteiger partial charge < -0.3 is 14.8 Å². The Kier molecular flexibility index (Phi) is 7.36. The Morgan fingerprint density at radius 2 is 2.33 bits per heavy atom. The predicted octanol–water partition coefficient (Wildman–Crippen LogP) is 1.62. The van der Waals surface area contributed by atoms with Crippen LogP contribution in [0.4, 0.5) is 0 Å². The van der Waals surface area contributed by atoms with Gasteiger partial charge in [0.05, 0.1) is 25.5 Å². The van der Waals surface area contributed by atoms with Gasteiger partial charge in [-0.25, -0.2) is 0 Å². The molecule has 0 spiro atoms. The summed E-state index contributed by atoms with van der Waals surface area (Å²) in [6.07, 6.45) is 3.87. The number of hydrogen-bond donors (Lipinski definition) is 1. The van der Waals surface area contributed by atoms with E-state index in [1.54, 1.807) is 12.3 Å². The second-order valence-electron chi connectivity index (χ2n) is 3.49. The number of alkyl halides is 1. The molecule has 1 aromatic rings. The average Bonchev–Trinajstić information content (AvgIpc) is 2.42. The molecule has 0 saturated heterocycles. The number of rotatable bonds is 8. The van der Waals surface area contributed by atoms with E-state index in [0.717, 1.165) is 11.8 Å². The van der Waals surface area contributed by atoms with Gasteiger partial charge in [0.25, 0.3) is 5.91 Å². The molecule has 18 heavy (non-hydrogen) atoms. The van der Waals surface area contributed by atoms with E-state index in [1.807, 2.05) is 0 Å². The monoisotopic (exact) mass is 316 g/mol. The Bertz CT molecular complexity index is 374. The molecule has 1 N–H and O–H groups in total. The highest BCUT2D eigenvalue weighted by molar-refractivity contribution is 9.09. The quantitative estimate of drug-likeness (QED) is 0.585. The number of nitrogens with one attached hydrogen (secondary N) is 1. The second kappa shape index (κ2) is 8.88. The summed E-state index contributed by atoms with van der Waals surface area (Å²) < 4.78 is 10.4. The van der Waals surface area contributed by atoms with Crippen molar-refractivity contribution >= 4 is 21.8 Å². The third-order valence-corrected chi connectivity index (χ3v) is 2.55. The van der Waals surface area contributed by atoms with Gasteiger partial charge in [-0.15, -0.1) is 0 Å². The second-order valence-corrected chi connectivity index (χ2v) is 4.28. The number of hydrogen-bond acceptors (Lipinski definition) is 4. The third kappa shape index (κ3) is 5.01. The standard InChI is InChI=1S/C12H17BrN2O3/c1-17-11-9-14-6-3-10(11)12(16)15-5-2-7-18-8-4-13/h3,6,9H,2,4-5,7-8H2,1H3,(H,15,16). The first-order valence-electron chi connectivity index (χ1n) is 5.69. The first-order valence-corrected chi connectivity index (χ1v) is 6.81. The number of aromatic nitrogens is 1. The van der Waals surface area contributed by atoms with Gasteiger partial charge in [0.15, 0.2) is 0 Å². The van der Waals surface area contributed by atoms with Gasteiger partial charge >= 0.3 is 0 Å². The van der Waals surface area contributed by atoms with Crippen LogP contribution in [0.2, 0.25) is 0 Å². The Labute approximate surface area is 115 Å². The van der Waals surface area contributed by atoms with Crippen LogP contribution in [0.1, 0.15) is 16.8 Å². The number of carbonyl (C=O) groups excluding carboxylic acids is 1. The van der Waals surface area contributed by atoms with E-state index in [-0.39, 0.29) is 5.91 Å². The van der Waals surface area contributed by atoms with Crippen LogP contribution in [0.5, 0.6) is 5.75 Å². The summed E-state index contributed by atoms with van der Waals surface area (Å²) >= 11 is 3.27. The van der Waals surface area contributed by atoms with E-state index in [4.69, 9.17) is 9.47 Å². The van der Waals surface area contributed by atoms with Crippen LogP contribution in [0.25, 0.3) is 0 Å². The number of halogens is 1. The maximum Gasteiger partial charge on any atom is 0.255 e. The van der Waals surface area contributed by atoms with E-state index >= 15 is 0 Å². The summed E-state index contributed by atoms with van der Waals surface area (Å²) in [5.74, 6) is 0.320. The summed E-state index contributed by atoms with van der Waals surface area (Å²) in [5.41, 5.74) is 0.494. The molecular formula is C12H17BrN2O3. The normalized spacial score (nSPS) is 10.1. The topological polar surface area (TPSA) is 60.5 Å². The molecule has 6 heteroatoms. The van der Waals surface area contributed by atoms with Crippen molar-refractivity contribution in [2.24, 2.45) is 0 Å². The highest BCUT2D eigenvalue weighted by atomic mass is 79.9. The zero-order chi connectivity index (χ0) is 13.2. The molecule has 0 aliphatic heterocycles. The van der Waals surface area contributed by atoms with Gasteiger partial charge in [-0.2, -0.15) is 0 Å². The van der Waals surface area contributed by atoms with Gasteiger partial charge in [-0.3, -0.25) is 9.78 Å². The molecule has 1 amide bonds. The summed E-state index contributed by atoms with van der Waals surface area (Å²) in [4.78, 5) is 15.7. The van der Waals surface area contributed by atoms with Crippen molar-refractivity contribution < 1.29 is 14.3 Å². The maximum atomic E-state index is 11.8. The van der Waals surface area contributed by atoms with Gasteiger partial charge in [0, 0.05) is 24.7 Å². The molecule has 0 saturated carbocycles. The lowest BCUT2D eigenvalue weighted by Gasteiger charge is -2.08. The molecule has 1 heterocycles. The van der Waals surface area contributed by atoms with Crippen LogP contribution < -0.4 is 10.1 Å². The molecule has 0 atom stereocenters. The molecule has 0 unspecified atom stereocenters. The minimum absolute atomic E-state index is 0.158. The fourth-order valence-electron chi connectivity index (χ4n) is 1.36. The molecule has 1 rings (SSSR count). The van der Waals surface area contributed by atoms with Crippen molar-refractivity contribution in [3.63, 3.8) is 0 Å². The summed E-state index contributed by atoms with van der Waals surface area (Å²) in [7, 11) is 1.52. The maximum absolute atomic E-state index is 11.8. The molecule has 0 aromatic carbocycles. The number of pyridine rings is 1. The largest absolute Gasteiger partial charge is 0.494 e. The zero-order valence-corrected chi connectivity index (χ0v) is 11.9. The van der Waals surface area contributed by atoms with Crippen LogP contribution >= 0.6 is 15.9 Å².